The van der Waals surface area contributed by atoms with Crippen LogP contribution in [0.2, 0.25) is 0 Å². The maximum Gasteiger partial charge on any atom is 0.267 e. The fourth-order valence-corrected chi connectivity index (χ4v) is 2.44. The van der Waals surface area contributed by atoms with Crippen LogP contribution in [0.3, 0.4) is 0 Å². The van der Waals surface area contributed by atoms with Gasteiger partial charge in [-0.25, -0.2) is 4.98 Å². The summed E-state index contributed by atoms with van der Waals surface area (Å²) in [6.07, 6.45) is 3.55. The summed E-state index contributed by atoms with van der Waals surface area (Å²) in [5, 5.41) is 0. The van der Waals surface area contributed by atoms with Crippen molar-refractivity contribution in [1.82, 2.24) is 4.98 Å². The molecule has 1 fully saturated rings. The Hall–Kier alpha value is -1.78. The molecule has 2 heterocycles. The molecular weight excluding hydrogens is 228 g/mol. The fourth-order valence-electron chi connectivity index (χ4n) is 2.44. The van der Waals surface area contributed by atoms with E-state index in [-0.39, 0.29) is 5.69 Å². The summed E-state index contributed by atoms with van der Waals surface area (Å²) in [7, 11) is 0. The van der Waals surface area contributed by atoms with Gasteiger partial charge in [0.2, 0.25) is 0 Å². The van der Waals surface area contributed by atoms with E-state index in [1.165, 1.54) is 6.42 Å². The van der Waals surface area contributed by atoms with Gasteiger partial charge in [-0.15, -0.1) is 0 Å². The van der Waals surface area contributed by atoms with Crippen molar-refractivity contribution >= 4 is 17.4 Å². The lowest BCUT2D eigenvalue weighted by Gasteiger charge is -2.33. The molecule has 2 rings (SSSR count). The second-order valence-corrected chi connectivity index (χ2v) is 4.84. The molecular formula is C13H20N4O. The van der Waals surface area contributed by atoms with Crippen molar-refractivity contribution in [2.75, 3.05) is 23.7 Å². The van der Waals surface area contributed by atoms with Crippen LogP contribution in [-0.4, -0.2) is 24.0 Å². The summed E-state index contributed by atoms with van der Waals surface area (Å²) in [4.78, 5) is 17.6. The quantitative estimate of drug-likeness (QED) is 0.846. The zero-order valence-electron chi connectivity index (χ0n) is 10.7. The van der Waals surface area contributed by atoms with Gasteiger partial charge in [0.1, 0.15) is 5.69 Å². The Morgan fingerprint density at radius 1 is 1.56 bits per heavy atom. The molecule has 5 heteroatoms. The van der Waals surface area contributed by atoms with Crippen molar-refractivity contribution in [2.24, 2.45) is 11.7 Å². The molecule has 0 aliphatic carbocycles. The Morgan fingerprint density at radius 3 is 3.00 bits per heavy atom. The van der Waals surface area contributed by atoms with Gasteiger partial charge in [-0.05, 0) is 30.9 Å². The number of nitrogens with zero attached hydrogens (tertiary/aromatic N) is 2. The van der Waals surface area contributed by atoms with E-state index in [4.69, 9.17) is 11.5 Å². The lowest BCUT2D eigenvalue weighted by Crippen LogP contribution is -2.36. The smallest absolute Gasteiger partial charge is 0.267 e. The minimum absolute atomic E-state index is 0.276. The molecule has 1 aromatic heterocycles. The Labute approximate surface area is 107 Å². The van der Waals surface area contributed by atoms with Gasteiger partial charge < -0.3 is 16.4 Å². The van der Waals surface area contributed by atoms with E-state index < -0.39 is 5.91 Å². The molecule has 0 radical (unpaired) electrons. The van der Waals surface area contributed by atoms with Gasteiger partial charge in [0, 0.05) is 13.1 Å². The highest BCUT2D eigenvalue weighted by molar-refractivity contribution is 5.91. The number of nitrogens with two attached hydrogens (primary N) is 2. The molecule has 0 bridgehead atoms. The number of anilines is 2. The minimum atomic E-state index is -0.514. The van der Waals surface area contributed by atoms with Crippen molar-refractivity contribution in [1.29, 1.82) is 0 Å². The van der Waals surface area contributed by atoms with E-state index in [2.05, 4.69) is 16.8 Å². The first-order chi connectivity index (χ1) is 8.61. The van der Waals surface area contributed by atoms with E-state index >= 15 is 0 Å². The Balaban J connectivity index is 2.26. The average molecular weight is 248 g/mol. The molecule has 1 aliphatic heterocycles. The molecule has 1 aliphatic rings. The number of aromatic nitrogens is 1. The number of rotatable bonds is 3. The molecule has 1 amide bonds. The van der Waals surface area contributed by atoms with E-state index in [1.54, 1.807) is 12.1 Å². The van der Waals surface area contributed by atoms with Crippen LogP contribution in [0.4, 0.5) is 11.5 Å². The van der Waals surface area contributed by atoms with E-state index in [0.29, 0.717) is 17.4 Å². The molecule has 0 aromatic carbocycles. The predicted octanol–water partition coefficient (Wildman–Crippen LogP) is 1.39. The third-order valence-electron chi connectivity index (χ3n) is 3.55. The third-order valence-corrected chi connectivity index (χ3v) is 3.55. The topological polar surface area (TPSA) is 85.2 Å². The van der Waals surface area contributed by atoms with Crippen LogP contribution in [-0.2, 0) is 0 Å². The maximum atomic E-state index is 11.2. The number of pyridine rings is 1. The van der Waals surface area contributed by atoms with Crippen LogP contribution < -0.4 is 16.4 Å². The van der Waals surface area contributed by atoms with Gasteiger partial charge in [-0.2, -0.15) is 0 Å². The summed E-state index contributed by atoms with van der Waals surface area (Å²) in [5.41, 5.74) is 12.1. The number of nitrogen functional groups attached to an aromatic ring is 1. The number of carbonyl (C=O) groups excluding carboxylic acids is 1. The highest BCUT2D eigenvalue weighted by atomic mass is 16.1. The fraction of sp³-hybridized carbons (Fsp3) is 0.538. The normalized spacial score (nSPS) is 19.8. The van der Waals surface area contributed by atoms with Crippen molar-refractivity contribution in [2.45, 2.75) is 26.2 Å². The first-order valence-electron chi connectivity index (χ1n) is 6.43. The lowest BCUT2D eigenvalue weighted by molar-refractivity contribution is 0.0995. The molecule has 1 saturated heterocycles. The summed E-state index contributed by atoms with van der Waals surface area (Å²) in [6.45, 7) is 4.09. The number of primary amides is 1. The van der Waals surface area contributed by atoms with Gasteiger partial charge >= 0.3 is 0 Å². The Morgan fingerprint density at radius 2 is 2.33 bits per heavy atom. The van der Waals surface area contributed by atoms with E-state index in [9.17, 15) is 4.79 Å². The summed E-state index contributed by atoms with van der Waals surface area (Å²) >= 11 is 0. The molecule has 5 nitrogen and oxygen atoms in total. The molecule has 0 saturated carbocycles. The van der Waals surface area contributed by atoms with Gasteiger partial charge in [0.15, 0.2) is 5.82 Å². The molecule has 1 atom stereocenters. The van der Waals surface area contributed by atoms with Crippen LogP contribution in [0.1, 0.15) is 36.7 Å². The lowest BCUT2D eigenvalue weighted by atomic mass is 9.95. The average Bonchev–Trinajstić information content (AvgIpc) is 2.39. The van der Waals surface area contributed by atoms with Crippen molar-refractivity contribution < 1.29 is 4.79 Å². The van der Waals surface area contributed by atoms with Crippen LogP contribution in [0.25, 0.3) is 0 Å². The zero-order chi connectivity index (χ0) is 13.1. The van der Waals surface area contributed by atoms with Gasteiger partial charge in [-0.1, -0.05) is 13.3 Å². The monoisotopic (exact) mass is 248 g/mol. The summed E-state index contributed by atoms with van der Waals surface area (Å²) in [5.74, 6) is 0.863. The van der Waals surface area contributed by atoms with Crippen molar-refractivity contribution in [3.63, 3.8) is 0 Å². The predicted molar refractivity (Wildman–Crippen MR) is 72.4 cm³/mol. The van der Waals surface area contributed by atoms with Gasteiger partial charge in [0.05, 0.1) is 5.69 Å². The van der Waals surface area contributed by atoms with Crippen LogP contribution >= 0.6 is 0 Å². The van der Waals surface area contributed by atoms with Crippen molar-refractivity contribution in [3.8, 4) is 0 Å². The van der Waals surface area contributed by atoms with Crippen LogP contribution in [0.5, 0.6) is 0 Å². The number of piperidine rings is 1. The van der Waals surface area contributed by atoms with E-state index in [1.807, 2.05) is 0 Å². The Bertz CT molecular complexity index is 447. The van der Waals surface area contributed by atoms with Gasteiger partial charge in [0.25, 0.3) is 5.91 Å². The molecule has 4 N–H and O–H groups in total. The maximum absolute atomic E-state index is 11.2. The largest absolute Gasteiger partial charge is 0.396 e. The molecule has 98 valence electrons. The van der Waals surface area contributed by atoms with Crippen LogP contribution in [0.15, 0.2) is 12.1 Å². The number of amides is 1. The van der Waals surface area contributed by atoms with Gasteiger partial charge in [-0.3, -0.25) is 4.79 Å². The van der Waals surface area contributed by atoms with Crippen molar-refractivity contribution in [3.05, 3.63) is 17.8 Å². The van der Waals surface area contributed by atoms with Crippen LogP contribution in [0, 0.1) is 5.92 Å². The highest BCUT2D eigenvalue weighted by Crippen LogP contribution is 2.27. The third kappa shape index (κ3) is 2.55. The standard InChI is InChI=1S/C13H20N4O/c1-2-9-4-3-7-17(8-9)13-10(14)5-6-11(16-13)12(15)18/h5-6,9H,2-4,7-8,14H2,1H3,(H2,15,18). The number of hydrogen-bond acceptors (Lipinski definition) is 4. The molecule has 18 heavy (non-hydrogen) atoms. The minimum Gasteiger partial charge on any atom is -0.396 e. The summed E-state index contributed by atoms with van der Waals surface area (Å²) in [6, 6.07) is 3.28. The second kappa shape index (κ2) is 5.25. The zero-order valence-corrected chi connectivity index (χ0v) is 10.7. The molecule has 0 spiro atoms. The van der Waals surface area contributed by atoms with E-state index in [0.717, 1.165) is 25.9 Å². The second-order valence-electron chi connectivity index (χ2n) is 4.84. The first kappa shape index (κ1) is 12.7. The number of carbonyl (C=O) groups is 1. The summed E-state index contributed by atoms with van der Waals surface area (Å²) < 4.78 is 0. The Kier molecular flexibility index (Phi) is 3.69. The number of hydrogen-bond donors (Lipinski definition) is 2. The highest BCUT2D eigenvalue weighted by Gasteiger charge is 2.21. The first-order valence-corrected chi connectivity index (χ1v) is 6.43. The SMILES string of the molecule is CCC1CCCN(c2nc(C(N)=O)ccc2N)C1. The molecule has 1 aromatic rings. The molecule has 1 unspecified atom stereocenters.